The number of oxime groups is 1. The maximum Gasteiger partial charge on any atom is 0.289 e. The topological polar surface area (TPSA) is 72.8 Å². The number of carbonyl (C=O) groups excluding carboxylic acids is 1. The summed E-state index contributed by atoms with van der Waals surface area (Å²) in [5.41, 5.74) is 1.26. The van der Waals surface area contributed by atoms with E-state index in [4.69, 9.17) is 9.57 Å². The van der Waals surface area contributed by atoms with E-state index in [-0.39, 0.29) is 23.2 Å². The van der Waals surface area contributed by atoms with Gasteiger partial charge in [0.1, 0.15) is 13.7 Å². The fourth-order valence-electron chi connectivity index (χ4n) is 2.08. The van der Waals surface area contributed by atoms with Crippen molar-refractivity contribution >= 4 is 23.0 Å². The highest BCUT2D eigenvalue weighted by atomic mass is 32.1. The number of ether oxygens (including phenoxy) is 1. The van der Waals surface area contributed by atoms with Crippen molar-refractivity contribution < 1.29 is 23.1 Å². The number of nitrogens with zero attached hydrogens (tertiary/aromatic N) is 2. The molecule has 0 aliphatic rings. The highest BCUT2D eigenvalue weighted by molar-refractivity contribution is 7.11. The number of alkyl halides is 2. The lowest BCUT2D eigenvalue weighted by Crippen LogP contribution is -2.29. The lowest BCUT2D eigenvalue weighted by molar-refractivity contribution is -0.114. The number of amides is 1. The van der Waals surface area contributed by atoms with E-state index in [9.17, 15) is 13.6 Å². The standard InChI is InChI=1S/C16H17F2N3O3S/c1-9-15(20-16(25-9)13(17)18)24-8-10-6-4-5-7-11(10)12(21-23-3)14(22)19-2/h4-7,13H,8H2,1-3H3,(H,19,22)/b21-12+. The lowest BCUT2D eigenvalue weighted by atomic mass is 10.0. The van der Waals surface area contributed by atoms with Crippen molar-refractivity contribution in [2.24, 2.45) is 5.16 Å². The number of rotatable bonds is 7. The van der Waals surface area contributed by atoms with E-state index in [0.717, 1.165) is 11.3 Å². The zero-order valence-electron chi connectivity index (χ0n) is 13.9. The summed E-state index contributed by atoms with van der Waals surface area (Å²) in [6, 6.07) is 6.97. The number of thiazole rings is 1. The van der Waals surface area contributed by atoms with Gasteiger partial charge in [-0.3, -0.25) is 4.79 Å². The monoisotopic (exact) mass is 369 g/mol. The third kappa shape index (κ3) is 4.50. The summed E-state index contributed by atoms with van der Waals surface area (Å²) < 4.78 is 31.0. The number of aromatic nitrogens is 1. The van der Waals surface area contributed by atoms with Crippen LogP contribution in [0.25, 0.3) is 0 Å². The van der Waals surface area contributed by atoms with Crippen LogP contribution in [-0.4, -0.2) is 30.8 Å². The van der Waals surface area contributed by atoms with Gasteiger partial charge in [-0.15, -0.1) is 11.3 Å². The molecule has 9 heteroatoms. The molecule has 0 bridgehead atoms. The van der Waals surface area contributed by atoms with Crippen molar-refractivity contribution in [3.63, 3.8) is 0 Å². The van der Waals surface area contributed by atoms with Gasteiger partial charge in [-0.1, -0.05) is 29.4 Å². The van der Waals surface area contributed by atoms with Gasteiger partial charge >= 0.3 is 0 Å². The van der Waals surface area contributed by atoms with E-state index < -0.39 is 12.3 Å². The predicted octanol–water partition coefficient (Wildman–Crippen LogP) is 3.06. The van der Waals surface area contributed by atoms with E-state index in [1.165, 1.54) is 14.2 Å². The van der Waals surface area contributed by atoms with Crippen LogP contribution in [0.4, 0.5) is 8.78 Å². The molecule has 0 aliphatic heterocycles. The van der Waals surface area contributed by atoms with Gasteiger partial charge in [-0.25, -0.2) is 13.8 Å². The first kappa shape index (κ1) is 18.8. The van der Waals surface area contributed by atoms with Gasteiger partial charge in [0, 0.05) is 12.6 Å². The Morgan fingerprint density at radius 1 is 1.40 bits per heavy atom. The Morgan fingerprint density at radius 3 is 2.72 bits per heavy atom. The molecule has 25 heavy (non-hydrogen) atoms. The molecule has 0 aliphatic carbocycles. The summed E-state index contributed by atoms with van der Waals surface area (Å²) >= 11 is 0.891. The van der Waals surface area contributed by atoms with Gasteiger partial charge < -0.3 is 14.9 Å². The summed E-state index contributed by atoms with van der Waals surface area (Å²) in [7, 11) is 2.82. The second-order valence-electron chi connectivity index (χ2n) is 4.86. The van der Waals surface area contributed by atoms with Gasteiger partial charge in [-0.2, -0.15) is 0 Å². The molecule has 2 aromatic rings. The van der Waals surface area contributed by atoms with Crippen molar-refractivity contribution in [2.45, 2.75) is 20.0 Å². The lowest BCUT2D eigenvalue weighted by Gasteiger charge is -2.11. The molecule has 6 nitrogen and oxygen atoms in total. The van der Waals surface area contributed by atoms with E-state index in [1.54, 1.807) is 31.2 Å². The predicted molar refractivity (Wildman–Crippen MR) is 90.2 cm³/mol. The molecule has 1 N–H and O–H groups in total. The van der Waals surface area contributed by atoms with Crippen LogP contribution in [0.2, 0.25) is 0 Å². The average Bonchev–Trinajstić information content (AvgIpc) is 2.99. The largest absolute Gasteiger partial charge is 0.472 e. The first-order valence-corrected chi connectivity index (χ1v) is 8.09. The number of benzene rings is 1. The van der Waals surface area contributed by atoms with E-state index in [2.05, 4.69) is 15.5 Å². The number of likely N-dealkylation sites (N-methyl/N-ethyl adjacent to an activating group) is 1. The van der Waals surface area contributed by atoms with Crippen LogP contribution in [0.1, 0.15) is 27.4 Å². The number of halogens is 2. The van der Waals surface area contributed by atoms with Crippen LogP contribution in [-0.2, 0) is 16.2 Å². The Balaban J connectivity index is 2.26. The van der Waals surface area contributed by atoms with Crippen LogP contribution < -0.4 is 10.1 Å². The first-order valence-electron chi connectivity index (χ1n) is 7.27. The van der Waals surface area contributed by atoms with Crippen LogP contribution in [0.15, 0.2) is 29.4 Å². The van der Waals surface area contributed by atoms with E-state index in [1.807, 2.05) is 0 Å². The molecule has 0 radical (unpaired) electrons. The first-order chi connectivity index (χ1) is 12.0. The van der Waals surface area contributed by atoms with Gasteiger partial charge in [-0.05, 0) is 12.5 Å². The zero-order chi connectivity index (χ0) is 18.4. The summed E-state index contributed by atoms with van der Waals surface area (Å²) in [6.45, 7) is 1.70. The van der Waals surface area contributed by atoms with Crippen LogP contribution in [0, 0.1) is 6.92 Å². The summed E-state index contributed by atoms with van der Waals surface area (Å²) in [5, 5.41) is 5.97. The molecule has 0 saturated heterocycles. The molecule has 0 saturated carbocycles. The summed E-state index contributed by atoms with van der Waals surface area (Å²) in [5.74, 6) is -0.264. The van der Waals surface area contributed by atoms with Gasteiger partial charge in [0.05, 0.1) is 4.88 Å². The Hall–Kier alpha value is -2.55. The molecule has 1 amide bonds. The fraction of sp³-hybridized carbons (Fsp3) is 0.312. The summed E-state index contributed by atoms with van der Waals surface area (Å²) in [4.78, 5) is 21.1. The second kappa shape index (κ2) is 8.52. The second-order valence-corrected chi connectivity index (χ2v) is 6.10. The van der Waals surface area contributed by atoms with E-state index in [0.29, 0.717) is 16.0 Å². The SMILES string of the molecule is CNC(=O)/C(=N/OC)c1ccccc1COc1nc(C(F)F)sc1C. The van der Waals surface area contributed by atoms with Crippen molar-refractivity contribution in [1.82, 2.24) is 10.3 Å². The van der Waals surface area contributed by atoms with Crippen molar-refractivity contribution in [1.29, 1.82) is 0 Å². The van der Waals surface area contributed by atoms with Gasteiger partial charge in [0.2, 0.25) is 5.88 Å². The van der Waals surface area contributed by atoms with Crippen molar-refractivity contribution in [3.05, 3.63) is 45.3 Å². The molecule has 0 unspecified atom stereocenters. The minimum atomic E-state index is -2.64. The molecular weight excluding hydrogens is 352 g/mol. The van der Waals surface area contributed by atoms with E-state index >= 15 is 0 Å². The van der Waals surface area contributed by atoms with Crippen molar-refractivity contribution in [3.8, 4) is 5.88 Å². The Kier molecular flexibility index (Phi) is 6.40. The highest BCUT2D eigenvalue weighted by Crippen LogP contribution is 2.31. The molecule has 134 valence electrons. The normalized spacial score (nSPS) is 11.5. The Labute approximate surface area is 147 Å². The van der Waals surface area contributed by atoms with Gasteiger partial charge in [0.15, 0.2) is 10.7 Å². The van der Waals surface area contributed by atoms with Crippen LogP contribution in [0.3, 0.4) is 0 Å². The minimum Gasteiger partial charge on any atom is -0.472 e. The molecule has 0 fully saturated rings. The Morgan fingerprint density at radius 2 is 2.12 bits per heavy atom. The third-order valence-electron chi connectivity index (χ3n) is 3.22. The molecule has 0 atom stereocenters. The number of hydrogen-bond donors (Lipinski definition) is 1. The quantitative estimate of drug-likeness (QED) is 0.601. The van der Waals surface area contributed by atoms with Crippen LogP contribution >= 0.6 is 11.3 Å². The summed E-state index contributed by atoms with van der Waals surface area (Å²) in [6.07, 6.45) is -2.64. The van der Waals surface area contributed by atoms with Crippen molar-refractivity contribution in [2.75, 3.05) is 14.2 Å². The highest BCUT2D eigenvalue weighted by Gasteiger charge is 2.19. The number of hydrogen-bond acceptors (Lipinski definition) is 6. The average molecular weight is 369 g/mol. The number of aryl methyl sites for hydroxylation is 1. The number of nitrogens with one attached hydrogen (secondary N) is 1. The molecule has 1 heterocycles. The molecule has 2 rings (SSSR count). The minimum absolute atomic E-state index is 0.0448. The maximum absolute atomic E-state index is 12.7. The zero-order valence-corrected chi connectivity index (χ0v) is 14.7. The Bertz CT molecular complexity index is 778. The van der Waals surface area contributed by atoms with Gasteiger partial charge in [0.25, 0.3) is 12.3 Å². The van der Waals surface area contributed by atoms with Crippen LogP contribution in [0.5, 0.6) is 5.88 Å². The molecular formula is C16H17F2N3O3S. The maximum atomic E-state index is 12.7. The fourth-order valence-corrected chi connectivity index (χ4v) is 2.80. The number of carbonyl (C=O) groups is 1. The third-order valence-corrected chi connectivity index (χ3v) is 4.18. The molecule has 0 spiro atoms. The smallest absolute Gasteiger partial charge is 0.289 e. The molecule has 1 aromatic carbocycles. The molecule has 1 aromatic heterocycles.